The van der Waals surface area contributed by atoms with E-state index in [0.717, 1.165) is 38.9 Å². The van der Waals surface area contributed by atoms with Crippen LogP contribution in [0.3, 0.4) is 0 Å². The van der Waals surface area contributed by atoms with Gasteiger partial charge in [0, 0.05) is 16.5 Å². The van der Waals surface area contributed by atoms with Crippen LogP contribution >= 0.6 is 11.9 Å². The fraction of sp³-hybridized carbons (Fsp3) is 0.100. The monoisotopic (exact) mass is 220 g/mol. The summed E-state index contributed by atoms with van der Waals surface area (Å²) in [4.78, 5) is 0.856. The van der Waals surface area contributed by atoms with Crippen molar-refractivity contribution >= 4 is 27.8 Å². The van der Waals surface area contributed by atoms with Crippen LogP contribution in [0.1, 0.15) is 11.1 Å². The molecule has 1 heterocycles. The fourth-order valence-electron chi connectivity index (χ4n) is 1.57. The normalized spacial score (nSPS) is 12.3. The van der Waals surface area contributed by atoms with E-state index in [9.17, 15) is 0 Å². The highest BCUT2D eigenvalue weighted by molar-refractivity contribution is 8.06. The summed E-state index contributed by atoms with van der Waals surface area (Å²) < 4.78 is 0. The number of benzene rings is 1. The maximum atomic E-state index is 5.53. The van der Waals surface area contributed by atoms with Crippen LogP contribution in [0.15, 0.2) is 24.5 Å². The Morgan fingerprint density at radius 2 is 2.33 bits per heavy atom. The number of rotatable bonds is 2. The number of nitrogens with two attached hydrogens (primary N) is 2. The van der Waals surface area contributed by atoms with Crippen LogP contribution < -0.4 is 10.9 Å². The first-order valence-electron chi connectivity index (χ1n) is 4.49. The molecule has 0 saturated carbocycles. The zero-order valence-corrected chi connectivity index (χ0v) is 9.14. The van der Waals surface area contributed by atoms with Crippen LogP contribution in [0.2, 0.25) is 0 Å². The van der Waals surface area contributed by atoms with Crippen molar-refractivity contribution in [3.05, 3.63) is 35.7 Å². The van der Waals surface area contributed by atoms with Gasteiger partial charge in [0.05, 0.1) is 11.7 Å². The van der Waals surface area contributed by atoms with Gasteiger partial charge in [0.15, 0.2) is 0 Å². The van der Waals surface area contributed by atoms with Crippen molar-refractivity contribution in [3.63, 3.8) is 0 Å². The summed E-state index contributed by atoms with van der Waals surface area (Å²) >= 11 is 1.14. The average molecular weight is 220 g/mol. The predicted molar refractivity (Wildman–Crippen MR) is 64.8 cm³/mol. The minimum atomic E-state index is 0.856. The van der Waals surface area contributed by atoms with Gasteiger partial charge in [0.1, 0.15) is 0 Å². The molecule has 0 atom stereocenters. The van der Waals surface area contributed by atoms with Gasteiger partial charge in [-0.3, -0.25) is 10.2 Å². The standard InChI is InChI=1S/C10H12N4S/c1-6-2-7(10(4-11)15-12)3-9-8(6)5-13-14-9/h2-5H,11-12H2,1H3,(H,13,14)/b10-4-. The van der Waals surface area contributed by atoms with Gasteiger partial charge in [0.25, 0.3) is 0 Å². The summed E-state index contributed by atoms with van der Waals surface area (Å²) in [6.45, 7) is 2.04. The molecule has 0 radical (unpaired) electrons. The van der Waals surface area contributed by atoms with E-state index in [2.05, 4.69) is 16.3 Å². The quantitative estimate of drug-likeness (QED) is 0.673. The van der Waals surface area contributed by atoms with Crippen LogP contribution in [0.25, 0.3) is 15.8 Å². The first-order chi connectivity index (χ1) is 7.26. The number of aromatic amines is 1. The Balaban J connectivity index is 2.63. The second-order valence-corrected chi connectivity index (χ2v) is 3.95. The van der Waals surface area contributed by atoms with E-state index in [1.54, 1.807) is 0 Å². The molecule has 2 aromatic rings. The lowest BCUT2D eigenvalue weighted by molar-refractivity contribution is 1.12. The van der Waals surface area contributed by atoms with Gasteiger partial charge >= 0.3 is 0 Å². The van der Waals surface area contributed by atoms with E-state index in [-0.39, 0.29) is 0 Å². The number of hydrogen-bond donors (Lipinski definition) is 3. The molecule has 5 heteroatoms. The smallest absolute Gasteiger partial charge is 0.0659 e. The van der Waals surface area contributed by atoms with Gasteiger partial charge in [-0.1, -0.05) is 6.07 Å². The Kier molecular flexibility index (Phi) is 2.66. The van der Waals surface area contributed by atoms with Crippen molar-refractivity contribution in [3.8, 4) is 0 Å². The molecule has 0 unspecified atom stereocenters. The van der Waals surface area contributed by atoms with Crippen LogP contribution in [-0.2, 0) is 0 Å². The third-order valence-corrected chi connectivity index (χ3v) is 2.95. The van der Waals surface area contributed by atoms with Crippen molar-refractivity contribution in [2.45, 2.75) is 6.92 Å². The Labute approximate surface area is 91.9 Å². The van der Waals surface area contributed by atoms with E-state index in [4.69, 9.17) is 10.9 Å². The molecule has 4 nitrogen and oxygen atoms in total. The number of aromatic nitrogens is 2. The predicted octanol–water partition coefficient (Wildman–Crippen LogP) is 1.74. The van der Waals surface area contributed by atoms with Gasteiger partial charge in [-0.05, 0) is 36.1 Å². The van der Waals surface area contributed by atoms with Crippen LogP contribution in [-0.4, -0.2) is 10.2 Å². The molecule has 15 heavy (non-hydrogen) atoms. The molecule has 2 rings (SSSR count). The van der Waals surface area contributed by atoms with Crippen molar-refractivity contribution in [2.75, 3.05) is 0 Å². The molecule has 1 aromatic carbocycles. The first kappa shape index (κ1) is 10.1. The summed E-state index contributed by atoms with van der Waals surface area (Å²) in [5, 5.41) is 13.6. The molecule has 0 spiro atoms. The van der Waals surface area contributed by atoms with Crippen LogP contribution in [0, 0.1) is 6.92 Å². The molecule has 0 fully saturated rings. The van der Waals surface area contributed by atoms with E-state index >= 15 is 0 Å². The summed E-state index contributed by atoms with van der Waals surface area (Å²) in [6.07, 6.45) is 3.33. The van der Waals surface area contributed by atoms with Crippen molar-refractivity contribution < 1.29 is 0 Å². The minimum absolute atomic E-state index is 0.856. The minimum Gasteiger partial charge on any atom is -0.404 e. The highest BCUT2D eigenvalue weighted by atomic mass is 32.2. The van der Waals surface area contributed by atoms with E-state index in [1.165, 1.54) is 6.20 Å². The number of hydrogen-bond acceptors (Lipinski definition) is 4. The van der Waals surface area contributed by atoms with Gasteiger partial charge in [-0.15, -0.1) is 0 Å². The summed E-state index contributed by atoms with van der Waals surface area (Å²) in [7, 11) is 0. The number of nitrogens with zero attached hydrogens (tertiary/aromatic N) is 1. The molecular formula is C10H12N4S. The third kappa shape index (κ3) is 1.71. The fourth-order valence-corrected chi connectivity index (χ4v) is 1.91. The molecule has 5 N–H and O–H groups in total. The lowest BCUT2D eigenvalue weighted by Gasteiger charge is -2.05. The van der Waals surface area contributed by atoms with Crippen LogP contribution in [0.5, 0.6) is 0 Å². The lowest BCUT2D eigenvalue weighted by Crippen LogP contribution is -1.91. The second-order valence-electron chi connectivity index (χ2n) is 3.27. The molecular weight excluding hydrogens is 208 g/mol. The summed E-state index contributed by atoms with van der Waals surface area (Å²) in [5.41, 5.74) is 8.66. The molecule has 0 aliphatic rings. The third-order valence-electron chi connectivity index (χ3n) is 2.33. The Morgan fingerprint density at radius 3 is 3.00 bits per heavy atom. The highest BCUT2D eigenvalue weighted by Crippen LogP contribution is 2.27. The first-order valence-corrected chi connectivity index (χ1v) is 5.37. The molecule has 0 aliphatic carbocycles. The zero-order chi connectivity index (χ0) is 10.8. The topological polar surface area (TPSA) is 80.7 Å². The SMILES string of the molecule is Cc1cc(/C(=C/N)SN)cc2[nH]ncc12. The lowest BCUT2D eigenvalue weighted by atomic mass is 10.1. The molecule has 78 valence electrons. The van der Waals surface area contributed by atoms with Crippen LogP contribution in [0.4, 0.5) is 0 Å². The second kappa shape index (κ2) is 3.96. The molecule has 1 aromatic heterocycles. The summed E-state index contributed by atoms with van der Waals surface area (Å²) in [6, 6.07) is 4.05. The highest BCUT2D eigenvalue weighted by Gasteiger charge is 2.05. The van der Waals surface area contributed by atoms with Crippen molar-refractivity contribution in [1.82, 2.24) is 10.2 Å². The molecule has 0 aliphatic heterocycles. The Morgan fingerprint density at radius 1 is 1.53 bits per heavy atom. The Bertz CT molecular complexity index is 515. The molecule has 0 amide bonds. The van der Waals surface area contributed by atoms with Gasteiger partial charge in [-0.25, -0.2) is 0 Å². The molecule has 0 saturated heterocycles. The zero-order valence-electron chi connectivity index (χ0n) is 8.32. The van der Waals surface area contributed by atoms with Crippen molar-refractivity contribution in [2.24, 2.45) is 10.9 Å². The van der Waals surface area contributed by atoms with Gasteiger partial charge in [-0.2, -0.15) is 5.10 Å². The molecule has 0 bridgehead atoms. The summed E-state index contributed by atoms with van der Waals surface area (Å²) in [5.74, 6) is 0. The van der Waals surface area contributed by atoms with E-state index < -0.39 is 0 Å². The number of aryl methyl sites for hydroxylation is 1. The Hall–Kier alpha value is -1.46. The maximum Gasteiger partial charge on any atom is 0.0659 e. The number of nitrogens with one attached hydrogen (secondary N) is 1. The maximum absolute atomic E-state index is 5.53. The number of H-pyrrole nitrogens is 1. The number of fused-ring (bicyclic) bond motifs is 1. The van der Waals surface area contributed by atoms with E-state index in [0.29, 0.717) is 0 Å². The largest absolute Gasteiger partial charge is 0.404 e. The van der Waals surface area contributed by atoms with Gasteiger partial charge < -0.3 is 5.73 Å². The average Bonchev–Trinajstić information content (AvgIpc) is 2.68. The van der Waals surface area contributed by atoms with Crippen molar-refractivity contribution in [1.29, 1.82) is 0 Å². The van der Waals surface area contributed by atoms with Gasteiger partial charge in [0.2, 0.25) is 0 Å². The van der Waals surface area contributed by atoms with E-state index in [1.807, 2.05) is 19.2 Å².